The number of aliphatic carboxylic acids is 1. The lowest BCUT2D eigenvalue weighted by atomic mass is 10.1. The fraction of sp³-hybridized carbons (Fsp3) is 0.579. The number of imidazole rings is 1. The van der Waals surface area contributed by atoms with Gasteiger partial charge in [-0.05, 0) is 25.4 Å². The van der Waals surface area contributed by atoms with Crippen molar-refractivity contribution in [2.75, 3.05) is 12.0 Å². The molecule has 5 unspecified atom stereocenters. The SMILES string of the molecule is CSCCC(NC(=O)C(CC(N)=O)NC(=O)C(NC(=O)C(N)Cc1cnc[nH]1)C(C)O)C(=O)O. The zero-order valence-corrected chi connectivity index (χ0v) is 19.6. The van der Waals surface area contributed by atoms with Gasteiger partial charge >= 0.3 is 5.97 Å². The molecule has 15 heteroatoms. The zero-order chi connectivity index (χ0) is 25.8. The van der Waals surface area contributed by atoms with E-state index in [0.717, 1.165) is 0 Å². The third-order valence-corrected chi connectivity index (χ3v) is 5.30. The van der Waals surface area contributed by atoms with Crippen molar-refractivity contribution in [3.63, 3.8) is 0 Å². The Morgan fingerprint density at radius 1 is 1.12 bits per heavy atom. The number of rotatable bonds is 15. The predicted molar refractivity (Wildman–Crippen MR) is 122 cm³/mol. The number of nitrogens with zero attached hydrogens (tertiary/aromatic N) is 1. The molecule has 5 atom stereocenters. The van der Waals surface area contributed by atoms with Crippen molar-refractivity contribution in [3.8, 4) is 0 Å². The Labute approximate surface area is 200 Å². The topological polar surface area (TPSA) is 243 Å². The first kappa shape index (κ1) is 28.9. The van der Waals surface area contributed by atoms with Gasteiger partial charge in [-0.15, -0.1) is 0 Å². The van der Waals surface area contributed by atoms with Crippen LogP contribution in [0.25, 0.3) is 0 Å². The number of nitrogens with two attached hydrogens (primary N) is 2. The lowest BCUT2D eigenvalue weighted by Gasteiger charge is -2.26. The van der Waals surface area contributed by atoms with Crippen LogP contribution in [0.4, 0.5) is 0 Å². The van der Waals surface area contributed by atoms with Gasteiger partial charge in [0.2, 0.25) is 23.6 Å². The molecule has 10 N–H and O–H groups in total. The molecule has 0 aromatic carbocycles. The molecule has 0 aliphatic rings. The molecule has 0 spiro atoms. The van der Waals surface area contributed by atoms with E-state index >= 15 is 0 Å². The van der Waals surface area contributed by atoms with Crippen LogP contribution < -0.4 is 27.4 Å². The number of aromatic nitrogens is 2. The number of carboxylic acids is 1. The van der Waals surface area contributed by atoms with Gasteiger partial charge in [-0.1, -0.05) is 0 Å². The molecule has 34 heavy (non-hydrogen) atoms. The van der Waals surface area contributed by atoms with Crippen LogP contribution in [-0.2, 0) is 30.4 Å². The van der Waals surface area contributed by atoms with Crippen LogP contribution in [0.1, 0.15) is 25.5 Å². The number of hydrogen-bond acceptors (Lipinski definition) is 9. The fourth-order valence-electron chi connectivity index (χ4n) is 2.83. The molecule has 0 aliphatic carbocycles. The second-order valence-electron chi connectivity index (χ2n) is 7.53. The largest absolute Gasteiger partial charge is 0.480 e. The number of aliphatic hydroxyl groups is 1. The van der Waals surface area contributed by atoms with Crippen LogP contribution in [0.3, 0.4) is 0 Å². The molecule has 1 aromatic heterocycles. The summed E-state index contributed by atoms with van der Waals surface area (Å²) in [5.41, 5.74) is 11.6. The highest BCUT2D eigenvalue weighted by Crippen LogP contribution is 2.04. The third kappa shape index (κ3) is 9.76. The second-order valence-corrected chi connectivity index (χ2v) is 8.51. The van der Waals surface area contributed by atoms with Crippen molar-refractivity contribution in [2.45, 2.75) is 56.5 Å². The van der Waals surface area contributed by atoms with Crippen LogP contribution in [0.15, 0.2) is 12.5 Å². The number of primary amides is 1. The van der Waals surface area contributed by atoms with E-state index in [2.05, 4.69) is 25.9 Å². The number of hydrogen-bond donors (Lipinski definition) is 8. The maximum Gasteiger partial charge on any atom is 0.326 e. The van der Waals surface area contributed by atoms with E-state index in [1.54, 1.807) is 6.26 Å². The summed E-state index contributed by atoms with van der Waals surface area (Å²) in [7, 11) is 0. The number of carbonyl (C=O) groups excluding carboxylic acids is 4. The van der Waals surface area contributed by atoms with Crippen molar-refractivity contribution < 1.29 is 34.2 Å². The second kappa shape index (κ2) is 14.2. The molecule has 1 rings (SSSR count). The Hall–Kier alpha value is -3.17. The Kier molecular flexibility index (Phi) is 12.0. The quantitative estimate of drug-likeness (QED) is 0.120. The first-order valence-electron chi connectivity index (χ1n) is 10.3. The van der Waals surface area contributed by atoms with E-state index in [9.17, 15) is 34.2 Å². The summed E-state index contributed by atoms with van der Waals surface area (Å²) in [5.74, 6) is -4.47. The molecule has 0 bridgehead atoms. The average Bonchev–Trinajstić information content (AvgIpc) is 3.26. The molecule has 14 nitrogen and oxygen atoms in total. The van der Waals surface area contributed by atoms with Crippen LogP contribution >= 0.6 is 11.8 Å². The predicted octanol–water partition coefficient (Wildman–Crippen LogP) is -3.17. The molecular weight excluding hydrogens is 470 g/mol. The van der Waals surface area contributed by atoms with Gasteiger partial charge in [0.05, 0.1) is 24.9 Å². The molecule has 0 aliphatic heterocycles. The van der Waals surface area contributed by atoms with Crippen molar-refractivity contribution in [1.29, 1.82) is 0 Å². The molecule has 1 heterocycles. The third-order valence-electron chi connectivity index (χ3n) is 4.66. The van der Waals surface area contributed by atoms with Gasteiger partial charge in [-0.25, -0.2) is 9.78 Å². The van der Waals surface area contributed by atoms with E-state index in [4.69, 9.17) is 11.5 Å². The number of aromatic amines is 1. The molecule has 1 aromatic rings. The van der Waals surface area contributed by atoms with E-state index in [0.29, 0.717) is 11.4 Å². The maximum absolute atomic E-state index is 12.8. The molecule has 0 radical (unpaired) electrons. The van der Waals surface area contributed by atoms with Gasteiger partial charge < -0.3 is 42.6 Å². The Morgan fingerprint density at radius 3 is 2.26 bits per heavy atom. The zero-order valence-electron chi connectivity index (χ0n) is 18.8. The van der Waals surface area contributed by atoms with Gasteiger partial charge in [-0.3, -0.25) is 19.2 Å². The van der Waals surface area contributed by atoms with E-state index in [1.807, 2.05) is 0 Å². The Bertz CT molecular complexity index is 850. The number of carboxylic acid groups (broad SMARTS) is 1. The van der Waals surface area contributed by atoms with Crippen molar-refractivity contribution in [3.05, 3.63) is 18.2 Å². The fourth-order valence-corrected chi connectivity index (χ4v) is 3.30. The summed E-state index contributed by atoms with van der Waals surface area (Å²) in [6.07, 6.45) is 2.82. The molecule has 190 valence electrons. The normalized spacial score (nSPS) is 15.3. The molecule has 0 saturated carbocycles. The molecular formula is C19H31N7O7S. The van der Waals surface area contributed by atoms with Crippen LogP contribution in [0.2, 0.25) is 0 Å². The Balaban J connectivity index is 2.89. The van der Waals surface area contributed by atoms with Crippen LogP contribution in [0.5, 0.6) is 0 Å². The van der Waals surface area contributed by atoms with Gasteiger partial charge in [0.25, 0.3) is 0 Å². The lowest BCUT2D eigenvalue weighted by Crippen LogP contribution is -2.60. The smallest absolute Gasteiger partial charge is 0.326 e. The minimum Gasteiger partial charge on any atom is -0.480 e. The molecule has 0 saturated heterocycles. The lowest BCUT2D eigenvalue weighted by molar-refractivity contribution is -0.142. The monoisotopic (exact) mass is 501 g/mol. The molecule has 4 amide bonds. The number of nitrogens with one attached hydrogen (secondary N) is 4. The van der Waals surface area contributed by atoms with Crippen molar-refractivity contribution in [2.24, 2.45) is 11.5 Å². The van der Waals surface area contributed by atoms with Crippen LogP contribution in [0, 0.1) is 0 Å². The summed E-state index contributed by atoms with van der Waals surface area (Å²) < 4.78 is 0. The van der Waals surface area contributed by atoms with Crippen molar-refractivity contribution >= 4 is 41.4 Å². The first-order chi connectivity index (χ1) is 16.0. The number of H-pyrrole nitrogens is 1. The first-order valence-corrected chi connectivity index (χ1v) is 11.7. The average molecular weight is 502 g/mol. The van der Waals surface area contributed by atoms with Gasteiger partial charge in [0.15, 0.2) is 0 Å². The highest BCUT2D eigenvalue weighted by atomic mass is 32.2. The number of amides is 4. The number of aliphatic hydroxyl groups excluding tert-OH is 1. The minimum atomic E-state index is -1.53. The van der Waals surface area contributed by atoms with E-state index < -0.39 is 66.3 Å². The summed E-state index contributed by atoms with van der Waals surface area (Å²) in [5, 5.41) is 26.1. The highest BCUT2D eigenvalue weighted by molar-refractivity contribution is 7.98. The minimum absolute atomic E-state index is 0.0826. The highest BCUT2D eigenvalue weighted by Gasteiger charge is 2.33. The summed E-state index contributed by atoms with van der Waals surface area (Å²) in [6, 6.07) is -5.37. The standard InChI is InChI=1S/C19H31N7O7S/c1-9(27)15(26-16(29)11(20)5-10-7-22-8-23-10)18(31)25-13(6-14(21)28)17(30)24-12(19(32)33)3-4-34-2/h7-9,11-13,15,27H,3-6,20H2,1-2H3,(H2,21,28)(H,22,23)(H,24,30)(H,25,31)(H,26,29)(H,32,33). The molecule has 0 fully saturated rings. The van der Waals surface area contributed by atoms with Gasteiger partial charge in [0, 0.05) is 18.3 Å². The Morgan fingerprint density at radius 2 is 1.76 bits per heavy atom. The maximum atomic E-state index is 12.8. The summed E-state index contributed by atoms with van der Waals surface area (Å²) >= 11 is 1.38. The number of carbonyl (C=O) groups is 5. The summed E-state index contributed by atoms with van der Waals surface area (Å²) in [6.45, 7) is 1.23. The van der Waals surface area contributed by atoms with E-state index in [1.165, 1.54) is 31.2 Å². The van der Waals surface area contributed by atoms with Crippen LogP contribution in [-0.4, -0.2) is 92.1 Å². The van der Waals surface area contributed by atoms with E-state index in [-0.39, 0.29) is 12.8 Å². The van der Waals surface area contributed by atoms with Crippen molar-refractivity contribution in [1.82, 2.24) is 25.9 Å². The number of thioether (sulfide) groups is 1. The van der Waals surface area contributed by atoms with Gasteiger partial charge in [0.1, 0.15) is 18.1 Å². The van der Waals surface area contributed by atoms with Gasteiger partial charge in [-0.2, -0.15) is 11.8 Å². The summed E-state index contributed by atoms with van der Waals surface area (Å²) in [4.78, 5) is 67.2.